The smallest absolute Gasteiger partial charge is 0.237 e. The molecule has 19 heavy (non-hydrogen) atoms. The number of nitrogens with one attached hydrogen (secondary N) is 2. The van der Waals surface area contributed by atoms with Crippen molar-refractivity contribution in [2.75, 3.05) is 0 Å². The van der Waals surface area contributed by atoms with Gasteiger partial charge in [-0.3, -0.25) is 9.59 Å². The molecule has 1 rings (SSSR count). The minimum absolute atomic E-state index is 0.00412. The predicted molar refractivity (Wildman–Crippen MR) is 75.5 cm³/mol. The molecule has 1 unspecified atom stereocenters. The first-order valence-electron chi connectivity index (χ1n) is 7.16. The van der Waals surface area contributed by atoms with Gasteiger partial charge in [-0.15, -0.1) is 0 Å². The van der Waals surface area contributed by atoms with Gasteiger partial charge in [0.1, 0.15) is 0 Å². The van der Waals surface area contributed by atoms with Gasteiger partial charge >= 0.3 is 0 Å². The van der Waals surface area contributed by atoms with Gasteiger partial charge in [-0.25, -0.2) is 0 Å². The average Bonchev–Trinajstić information content (AvgIpc) is 2.27. The molecule has 1 aliphatic carbocycles. The van der Waals surface area contributed by atoms with Gasteiger partial charge in [-0.05, 0) is 33.6 Å². The van der Waals surface area contributed by atoms with E-state index in [-0.39, 0.29) is 24.3 Å². The van der Waals surface area contributed by atoms with Crippen LogP contribution in [0.4, 0.5) is 0 Å². The van der Waals surface area contributed by atoms with Crippen LogP contribution in [0.1, 0.15) is 59.3 Å². The van der Waals surface area contributed by atoms with Gasteiger partial charge in [0, 0.05) is 18.0 Å². The Morgan fingerprint density at radius 3 is 2.37 bits per heavy atom. The van der Waals surface area contributed by atoms with E-state index in [2.05, 4.69) is 10.6 Å². The van der Waals surface area contributed by atoms with Crippen LogP contribution in [0.15, 0.2) is 0 Å². The van der Waals surface area contributed by atoms with Crippen molar-refractivity contribution < 1.29 is 9.59 Å². The fourth-order valence-electron chi connectivity index (χ4n) is 2.71. The van der Waals surface area contributed by atoms with Crippen LogP contribution in [0.2, 0.25) is 0 Å². The molecule has 5 nitrogen and oxygen atoms in total. The maximum atomic E-state index is 12.1. The molecule has 4 N–H and O–H groups in total. The summed E-state index contributed by atoms with van der Waals surface area (Å²) < 4.78 is 0. The summed E-state index contributed by atoms with van der Waals surface area (Å²) in [4.78, 5) is 23.0. The Kier molecular flexibility index (Phi) is 5.79. The average molecular weight is 269 g/mol. The fourth-order valence-corrected chi connectivity index (χ4v) is 2.71. The molecule has 5 heteroatoms. The zero-order chi connectivity index (χ0) is 14.5. The highest BCUT2D eigenvalue weighted by Crippen LogP contribution is 2.17. The van der Waals surface area contributed by atoms with Crippen molar-refractivity contribution in [3.8, 4) is 0 Å². The first-order valence-corrected chi connectivity index (χ1v) is 7.16. The Hall–Kier alpha value is -1.10. The highest BCUT2D eigenvalue weighted by atomic mass is 16.2. The van der Waals surface area contributed by atoms with E-state index in [1.807, 2.05) is 20.8 Å². The largest absolute Gasteiger partial charge is 0.370 e. The Labute approximate surface area is 115 Å². The fraction of sp³-hybridized carbons (Fsp3) is 0.857. The SMILES string of the molecule is CC(NC(C)(C)CC(N)=O)C(=O)NC1CCCCC1. The van der Waals surface area contributed by atoms with Crippen molar-refractivity contribution in [2.24, 2.45) is 5.73 Å². The highest BCUT2D eigenvalue weighted by Gasteiger charge is 2.26. The first-order chi connectivity index (χ1) is 8.80. The van der Waals surface area contributed by atoms with E-state index < -0.39 is 5.54 Å². The quantitative estimate of drug-likeness (QED) is 0.674. The summed E-state index contributed by atoms with van der Waals surface area (Å²) in [6, 6.07) is -0.0129. The van der Waals surface area contributed by atoms with Crippen LogP contribution in [0.25, 0.3) is 0 Å². The summed E-state index contributed by atoms with van der Waals surface area (Å²) in [6.45, 7) is 5.57. The molecule has 1 aliphatic rings. The van der Waals surface area contributed by atoms with E-state index in [9.17, 15) is 9.59 Å². The van der Waals surface area contributed by atoms with E-state index in [1.165, 1.54) is 19.3 Å². The van der Waals surface area contributed by atoms with Crippen LogP contribution >= 0.6 is 0 Å². The second-order valence-electron chi connectivity index (χ2n) is 6.24. The van der Waals surface area contributed by atoms with E-state index in [1.54, 1.807) is 0 Å². The Balaban J connectivity index is 2.40. The minimum atomic E-state index is -0.463. The minimum Gasteiger partial charge on any atom is -0.370 e. The van der Waals surface area contributed by atoms with Gasteiger partial charge in [0.25, 0.3) is 0 Å². The second kappa shape index (κ2) is 6.89. The van der Waals surface area contributed by atoms with Gasteiger partial charge in [-0.2, -0.15) is 0 Å². The molecule has 0 heterocycles. The van der Waals surface area contributed by atoms with E-state index in [0.29, 0.717) is 6.04 Å². The number of rotatable bonds is 6. The van der Waals surface area contributed by atoms with Gasteiger partial charge in [0.2, 0.25) is 11.8 Å². The molecule has 0 bridgehead atoms. The zero-order valence-electron chi connectivity index (χ0n) is 12.3. The Bertz CT molecular complexity index is 323. The third-order valence-corrected chi connectivity index (χ3v) is 3.57. The third-order valence-electron chi connectivity index (χ3n) is 3.57. The lowest BCUT2D eigenvalue weighted by Gasteiger charge is -2.30. The third kappa shape index (κ3) is 6.05. The van der Waals surface area contributed by atoms with Crippen molar-refractivity contribution in [3.63, 3.8) is 0 Å². The zero-order valence-corrected chi connectivity index (χ0v) is 12.3. The number of primary amides is 1. The van der Waals surface area contributed by atoms with Gasteiger partial charge in [0.15, 0.2) is 0 Å². The molecular formula is C14H27N3O2. The Morgan fingerprint density at radius 1 is 1.26 bits per heavy atom. The monoisotopic (exact) mass is 269 g/mol. The molecule has 0 saturated heterocycles. The lowest BCUT2D eigenvalue weighted by Crippen LogP contribution is -2.54. The molecule has 0 aromatic heterocycles. The maximum Gasteiger partial charge on any atom is 0.237 e. The molecule has 0 aromatic rings. The predicted octanol–water partition coefficient (Wildman–Crippen LogP) is 1.07. The van der Waals surface area contributed by atoms with Crippen molar-refractivity contribution >= 4 is 11.8 Å². The van der Waals surface area contributed by atoms with Crippen molar-refractivity contribution in [3.05, 3.63) is 0 Å². The summed E-state index contributed by atoms with van der Waals surface area (Å²) >= 11 is 0. The van der Waals surface area contributed by atoms with E-state index in [4.69, 9.17) is 5.73 Å². The van der Waals surface area contributed by atoms with Crippen LogP contribution in [0.5, 0.6) is 0 Å². The molecule has 0 aromatic carbocycles. The molecule has 0 aliphatic heterocycles. The molecule has 0 spiro atoms. The number of hydrogen-bond acceptors (Lipinski definition) is 3. The lowest BCUT2D eigenvalue weighted by molar-refractivity contribution is -0.125. The first kappa shape index (κ1) is 16.0. The number of hydrogen-bond donors (Lipinski definition) is 3. The van der Waals surface area contributed by atoms with Crippen molar-refractivity contribution in [1.29, 1.82) is 0 Å². The van der Waals surface area contributed by atoms with Crippen LogP contribution in [-0.2, 0) is 9.59 Å². The summed E-state index contributed by atoms with van der Waals surface area (Å²) in [7, 11) is 0. The van der Waals surface area contributed by atoms with E-state index in [0.717, 1.165) is 12.8 Å². The standard InChI is InChI=1S/C14H27N3O2/c1-10(17-14(2,3)9-12(15)18)13(19)16-11-7-5-4-6-8-11/h10-11,17H,4-9H2,1-3H3,(H2,15,18)(H,16,19). The summed E-state index contributed by atoms with van der Waals surface area (Å²) in [5.74, 6) is -0.359. The van der Waals surface area contributed by atoms with Gasteiger partial charge < -0.3 is 16.4 Å². The van der Waals surface area contributed by atoms with Crippen LogP contribution in [0.3, 0.4) is 0 Å². The van der Waals surface area contributed by atoms with Crippen molar-refractivity contribution in [1.82, 2.24) is 10.6 Å². The van der Waals surface area contributed by atoms with E-state index >= 15 is 0 Å². The molecule has 110 valence electrons. The number of nitrogens with two attached hydrogens (primary N) is 1. The van der Waals surface area contributed by atoms with Gasteiger partial charge in [0.05, 0.1) is 6.04 Å². The molecule has 2 amide bonds. The normalized spacial score (nSPS) is 18.9. The second-order valence-corrected chi connectivity index (χ2v) is 6.24. The molecular weight excluding hydrogens is 242 g/mol. The lowest BCUT2D eigenvalue weighted by atomic mass is 9.95. The van der Waals surface area contributed by atoms with Crippen molar-refractivity contribution in [2.45, 2.75) is 76.9 Å². The number of carbonyl (C=O) groups is 2. The number of amides is 2. The number of carbonyl (C=O) groups excluding carboxylic acids is 2. The molecule has 1 saturated carbocycles. The summed E-state index contributed by atoms with van der Waals surface area (Å²) in [5.41, 5.74) is 4.74. The molecule has 0 radical (unpaired) electrons. The Morgan fingerprint density at radius 2 is 1.84 bits per heavy atom. The maximum absolute atomic E-state index is 12.1. The van der Waals surface area contributed by atoms with Gasteiger partial charge in [-0.1, -0.05) is 19.3 Å². The topological polar surface area (TPSA) is 84.2 Å². The van der Waals surface area contributed by atoms with Crippen LogP contribution in [-0.4, -0.2) is 29.4 Å². The summed E-state index contributed by atoms with van der Waals surface area (Å²) in [5, 5.41) is 6.24. The molecule has 1 atom stereocenters. The van der Waals surface area contributed by atoms with Crippen LogP contribution < -0.4 is 16.4 Å². The highest BCUT2D eigenvalue weighted by molar-refractivity contribution is 5.82. The summed E-state index contributed by atoms with van der Waals surface area (Å²) in [6.07, 6.45) is 6.02. The van der Waals surface area contributed by atoms with Crippen LogP contribution in [0, 0.1) is 0 Å². The molecule has 1 fully saturated rings.